The summed E-state index contributed by atoms with van der Waals surface area (Å²) in [5, 5.41) is 3.11. The van der Waals surface area contributed by atoms with Gasteiger partial charge in [0.2, 0.25) is 5.91 Å². The number of methoxy groups -OCH3 is 1. The van der Waals surface area contributed by atoms with Gasteiger partial charge in [-0.3, -0.25) is 4.79 Å². The van der Waals surface area contributed by atoms with Crippen LogP contribution in [0.1, 0.15) is 29.5 Å². The first kappa shape index (κ1) is 16.2. The monoisotopic (exact) mass is 373 g/mol. The highest BCUT2D eigenvalue weighted by atomic mass is 79.9. The van der Waals surface area contributed by atoms with Crippen molar-refractivity contribution in [2.75, 3.05) is 7.11 Å². The van der Waals surface area contributed by atoms with Crippen LogP contribution in [-0.4, -0.2) is 13.0 Å². The van der Waals surface area contributed by atoms with E-state index in [1.807, 2.05) is 48.5 Å². The standard InChI is InChI=1S/C19H20BrNO2/c1-23-13-15-6-3-2-5-14(15)12-21-18(22)19(9-10-19)16-7-4-8-17(20)11-16/h2-8,11H,9-10,12-13H2,1H3,(H,21,22). The number of hydrogen-bond acceptors (Lipinski definition) is 2. The highest BCUT2D eigenvalue weighted by Crippen LogP contribution is 2.48. The summed E-state index contributed by atoms with van der Waals surface area (Å²) in [4.78, 5) is 12.7. The summed E-state index contributed by atoms with van der Waals surface area (Å²) >= 11 is 3.49. The van der Waals surface area contributed by atoms with Crippen LogP contribution in [0.15, 0.2) is 53.0 Å². The maximum absolute atomic E-state index is 12.7. The Morgan fingerprint density at radius 2 is 1.91 bits per heavy atom. The van der Waals surface area contributed by atoms with E-state index in [4.69, 9.17) is 4.74 Å². The minimum atomic E-state index is -0.347. The van der Waals surface area contributed by atoms with E-state index < -0.39 is 0 Å². The molecular formula is C19H20BrNO2. The lowest BCUT2D eigenvalue weighted by Gasteiger charge is -2.17. The number of carbonyl (C=O) groups excluding carboxylic acids is 1. The molecule has 1 fully saturated rings. The second kappa shape index (κ2) is 6.85. The average Bonchev–Trinajstić information content (AvgIpc) is 3.36. The van der Waals surface area contributed by atoms with Gasteiger partial charge in [0.05, 0.1) is 12.0 Å². The van der Waals surface area contributed by atoms with Crippen molar-refractivity contribution in [3.8, 4) is 0 Å². The molecule has 0 bridgehead atoms. The van der Waals surface area contributed by atoms with E-state index in [0.29, 0.717) is 13.2 Å². The molecule has 0 saturated heterocycles. The van der Waals surface area contributed by atoms with Crippen molar-refractivity contribution in [3.63, 3.8) is 0 Å². The number of benzene rings is 2. The normalized spacial score (nSPS) is 15.2. The van der Waals surface area contributed by atoms with E-state index >= 15 is 0 Å². The number of nitrogens with one attached hydrogen (secondary N) is 1. The van der Waals surface area contributed by atoms with Crippen molar-refractivity contribution in [1.82, 2.24) is 5.32 Å². The van der Waals surface area contributed by atoms with Gasteiger partial charge in [-0.05, 0) is 41.7 Å². The third-order valence-corrected chi connectivity index (χ3v) is 4.91. The topological polar surface area (TPSA) is 38.3 Å². The van der Waals surface area contributed by atoms with Gasteiger partial charge in [0.15, 0.2) is 0 Å². The Hall–Kier alpha value is -1.65. The molecule has 4 heteroatoms. The molecule has 0 spiro atoms. The van der Waals surface area contributed by atoms with Crippen LogP contribution in [0.2, 0.25) is 0 Å². The second-order valence-corrected chi connectivity index (χ2v) is 6.89. The highest BCUT2D eigenvalue weighted by molar-refractivity contribution is 9.10. The summed E-state index contributed by atoms with van der Waals surface area (Å²) in [5.41, 5.74) is 2.96. The molecule has 0 atom stereocenters. The Kier molecular flexibility index (Phi) is 4.83. The van der Waals surface area contributed by atoms with Gasteiger partial charge in [-0.2, -0.15) is 0 Å². The van der Waals surface area contributed by atoms with Gasteiger partial charge in [-0.25, -0.2) is 0 Å². The molecule has 120 valence electrons. The van der Waals surface area contributed by atoms with Gasteiger partial charge in [-0.15, -0.1) is 0 Å². The molecule has 3 nitrogen and oxygen atoms in total. The highest BCUT2D eigenvalue weighted by Gasteiger charge is 2.51. The minimum absolute atomic E-state index is 0.114. The maximum Gasteiger partial charge on any atom is 0.230 e. The molecule has 23 heavy (non-hydrogen) atoms. The van der Waals surface area contributed by atoms with E-state index in [-0.39, 0.29) is 11.3 Å². The van der Waals surface area contributed by atoms with E-state index in [1.165, 1.54) is 0 Å². The molecule has 0 radical (unpaired) electrons. The number of amides is 1. The third kappa shape index (κ3) is 3.48. The molecule has 3 rings (SSSR count). The van der Waals surface area contributed by atoms with E-state index in [0.717, 1.165) is 34.0 Å². The van der Waals surface area contributed by atoms with E-state index in [9.17, 15) is 4.79 Å². The summed E-state index contributed by atoms with van der Waals surface area (Å²) in [5.74, 6) is 0.114. The number of hydrogen-bond donors (Lipinski definition) is 1. The van der Waals surface area contributed by atoms with Crippen LogP contribution in [0.5, 0.6) is 0 Å². The fourth-order valence-electron chi connectivity index (χ4n) is 2.93. The first-order valence-electron chi connectivity index (χ1n) is 7.76. The first-order valence-corrected chi connectivity index (χ1v) is 8.55. The molecule has 0 unspecified atom stereocenters. The fourth-order valence-corrected chi connectivity index (χ4v) is 3.33. The SMILES string of the molecule is COCc1ccccc1CNC(=O)C1(c2cccc(Br)c2)CC1. The maximum atomic E-state index is 12.7. The number of rotatable bonds is 6. The van der Waals surface area contributed by atoms with Crippen LogP contribution in [0.3, 0.4) is 0 Å². The van der Waals surface area contributed by atoms with Crippen LogP contribution in [0, 0.1) is 0 Å². The molecule has 0 heterocycles. The van der Waals surface area contributed by atoms with Crippen LogP contribution < -0.4 is 5.32 Å². The molecule has 1 saturated carbocycles. The van der Waals surface area contributed by atoms with Crippen LogP contribution in [0.25, 0.3) is 0 Å². The van der Waals surface area contributed by atoms with Crippen molar-refractivity contribution >= 4 is 21.8 Å². The second-order valence-electron chi connectivity index (χ2n) is 5.98. The van der Waals surface area contributed by atoms with Crippen molar-refractivity contribution in [3.05, 3.63) is 69.7 Å². The summed E-state index contributed by atoms with van der Waals surface area (Å²) in [7, 11) is 1.68. The summed E-state index contributed by atoms with van der Waals surface area (Å²) in [6.07, 6.45) is 1.82. The van der Waals surface area contributed by atoms with Gasteiger partial charge in [0.25, 0.3) is 0 Å². The molecule has 2 aromatic rings. The van der Waals surface area contributed by atoms with E-state index in [2.05, 4.69) is 21.2 Å². The molecule has 0 aromatic heterocycles. The zero-order valence-electron chi connectivity index (χ0n) is 13.1. The van der Waals surface area contributed by atoms with Crippen molar-refractivity contribution in [1.29, 1.82) is 0 Å². The number of carbonyl (C=O) groups is 1. The smallest absolute Gasteiger partial charge is 0.230 e. The van der Waals surface area contributed by atoms with Crippen molar-refractivity contribution < 1.29 is 9.53 Å². The lowest BCUT2D eigenvalue weighted by Crippen LogP contribution is -2.34. The lowest BCUT2D eigenvalue weighted by atomic mass is 9.95. The largest absolute Gasteiger partial charge is 0.380 e. The molecule has 1 N–H and O–H groups in total. The fraction of sp³-hybridized carbons (Fsp3) is 0.316. The predicted octanol–water partition coefficient (Wildman–Crippen LogP) is 3.94. The third-order valence-electron chi connectivity index (χ3n) is 4.42. The van der Waals surface area contributed by atoms with E-state index in [1.54, 1.807) is 7.11 Å². The average molecular weight is 374 g/mol. The van der Waals surface area contributed by atoms with Gasteiger partial charge >= 0.3 is 0 Å². The summed E-state index contributed by atoms with van der Waals surface area (Å²) in [6, 6.07) is 16.1. The quantitative estimate of drug-likeness (QED) is 0.832. The molecule has 1 aliphatic carbocycles. The Morgan fingerprint density at radius 1 is 1.17 bits per heavy atom. The summed E-state index contributed by atoms with van der Waals surface area (Å²) in [6.45, 7) is 1.09. The molecular weight excluding hydrogens is 354 g/mol. The van der Waals surface area contributed by atoms with Crippen LogP contribution in [-0.2, 0) is 28.1 Å². The molecule has 0 aliphatic heterocycles. The lowest BCUT2D eigenvalue weighted by molar-refractivity contribution is -0.123. The predicted molar refractivity (Wildman–Crippen MR) is 94.1 cm³/mol. The van der Waals surface area contributed by atoms with Crippen LogP contribution in [0.4, 0.5) is 0 Å². The minimum Gasteiger partial charge on any atom is -0.380 e. The number of ether oxygens (including phenoxy) is 1. The Morgan fingerprint density at radius 3 is 2.57 bits per heavy atom. The van der Waals surface area contributed by atoms with Gasteiger partial charge in [0, 0.05) is 18.1 Å². The molecule has 1 aliphatic rings. The summed E-state index contributed by atoms with van der Waals surface area (Å²) < 4.78 is 6.23. The molecule has 2 aromatic carbocycles. The van der Waals surface area contributed by atoms with Gasteiger partial charge in [0.1, 0.15) is 0 Å². The van der Waals surface area contributed by atoms with Crippen LogP contribution >= 0.6 is 15.9 Å². The Labute approximate surface area is 145 Å². The Bertz CT molecular complexity index is 710. The number of halogens is 1. The molecule has 1 amide bonds. The zero-order chi connectivity index (χ0) is 16.3. The van der Waals surface area contributed by atoms with Crippen molar-refractivity contribution in [2.24, 2.45) is 0 Å². The Balaban J connectivity index is 1.71. The van der Waals surface area contributed by atoms with Crippen molar-refractivity contribution in [2.45, 2.75) is 31.4 Å². The zero-order valence-corrected chi connectivity index (χ0v) is 14.7. The first-order chi connectivity index (χ1) is 11.2. The van der Waals surface area contributed by atoms with Gasteiger partial charge in [-0.1, -0.05) is 52.3 Å². The van der Waals surface area contributed by atoms with Gasteiger partial charge < -0.3 is 10.1 Å².